The van der Waals surface area contributed by atoms with Gasteiger partial charge in [-0.25, -0.2) is 27.9 Å². The van der Waals surface area contributed by atoms with Crippen molar-refractivity contribution < 1.29 is 17.6 Å². The number of nitrogens with zero attached hydrogens (tertiary/aromatic N) is 4. The van der Waals surface area contributed by atoms with Crippen LogP contribution in [0.5, 0.6) is 0 Å². The molecule has 1 aliphatic heterocycles. The van der Waals surface area contributed by atoms with Crippen molar-refractivity contribution >= 4 is 44.4 Å². The summed E-state index contributed by atoms with van der Waals surface area (Å²) in [5.74, 6) is 0.563. The molecule has 0 saturated carbocycles. The number of nitrogens with two attached hydrogens (primary N) is 1. The average molecular weight is 511 g/mol. The summed E-state index contributed by atoms with van der Waals surface area (Å²) in [5, 5.41) is 11.5. The molecule has 5 rings (SSSR count). The zero-order valence-corrected chi connectivity index (χ0v) is 19.8. The number of anilines is 3. The highest BCUT2D eigenvalue weighted by Gasteiger charge is 2.26. The Balaban J connectivity index is 1.17. The Hall–Kier alpha value is -4.10. The molecule has 1 fully saturated rings. The highest BCUT2D eigenvalue weighted by atomic mass is 32.2. The quantitative estimate of drug-likeness (QED) is 0.308. The number of imidazole rings is 1. The maximum atomic E-state index is 13.4. The van der Waals surface area contributed by atoms with E-state index in [0.717, 1.165) is 0 Å². The van der Waals surface area contributed by atoms with Gasteiger partial charge in [-0.1, -0.05) is 0 Å². The fraction of sp³-hybridized carbons (Fsp3) is 0.217. The van der Waals surface area contributed by atoms with E-state index in [0.29, 0.717) is 54.4 Å². The molecule has 0 radical (unpaired) electrons. The van der Waals surface area contributed by atoms with E-state index in [1.54, 1.807) is 35.4 Å². The number of benzene rings is 2. The van der Waals surface area contributed by atoms with Crippen molar-refractivity contribution in [3.63, 3.8) is 0 Å². The summed E-state index contributed by atoms with van der Waals surface area (Å²) < 4.78 is 36.2. The predicted octanol–water partition coefficient (Wildman–Crippen LogP) is 2.60. The second kappa shape index (κ2) is 9.51. The maximum Gasteiger partial charge on any atom is 0.289 e. The van der Waals surface area contributed by atoms with Crippen LogP contribution in [0.15, 0.2) is 59.6 Å². The Morgan fingerprint density at radius 1 is 1.08 bits per heavy atom. The molecule has 0 atom stereocenters. The Kier molecular flexibility index (Phi) is 6.24. The number of carbonyl (C=O) groups excluding carboxylic acids is 1. The third-order valence-corrected chi connectivity index (χ3v) is 6.80. The number of fused-ring (bicyclic) bond motifs is 1. The minimum absolute atomic E-state index is 0.0171. The zero-order chi connectivity index (χ0) is 25.3. The number of aromatic amines is 1. The first-order valence-corrected chi connectivity index (χ1v) is 12.7. The summed E-state index contributed by atoms with van der Waals surface area (Å²) in [4.78, 5) is 30.5. The Morgan fingerprint density at radius 3 is 2.56 bits per heavy atom. The third-order valence-electron chi connectivity index (χ3n) is 5.88. The number of halogens is 1. The predicted molar refractivity (Wildman–Crippen MR) is 132 cm³/mol. The number of H-pyrrole nitrogens is 1. The molecule has 0 spiro atoms. The summed E-state index contributed by atoms with van der Waals surface area (Å²) >= 11 is 0. The summed E-state index contributed by atoms with van der Waals surface area (Å²) in [6, 6.07) is 12.0. The first kappa shape index (κ1) is 23.6. The smallest absolute Gasteiger partial charge is 0.289 e. The van der Waals surface area contributed by atoms with E-state index in [9.17, 15) is 17.6 Å². The van der Waals surface area contributed by atoms with Gasteiger partial charge in [-0.05, 0) is 61.4 Å². The van der Waals surface area contributed by atoms with Gasteiger partial charge in [0.15, 0.2) is 5.82 Å². The number of piperidine rings is 1. The van der Waals surface area contributed by atoms with Gasteiger partial charge in [0.2, 0.25) is 16.0 Å². The molecule has 2 aromatic heterocycles. The minimum Gasteiger partial charge on any atom is -0.367 e. The Morgan fingerprint density at radius 2 is 1.83 bits per heavy atom. The van der Waals surface area contributed by atoms with Crippen molar-refractivity contribution in [1.82, 2.24) is 24.8 Å². The molecule has 1 aliphatic rings. The van der Waals surface area contributed by atoms with Gasteiger partial charge < -0.3 is 20.5 Å². The number of likely N-dealkylation sites (tertiary alicyclic amines) is 1. The molecule has 2 aromatic carbocycles. The van der Waals surface area contributed by atoms with Crippen LogP contribution in [0.1, 0.15) is 23.5 Å². The molecule has 1 amide bonds. The molecule has 36 heavy (non-hydrogen) atoms. The molecule has 5 N–H and O–H groups in total. The molecule has 3 heterocycles. The SMILES string of the molecule is NS(=O)(=O)c1ccc(Nc2nccc(NC3CCN(C(=O)c4nc5ccc(F)cc5[nH]4)CC3)n2)cc1. The molecule has 11 nitrogen and oxygen atoms in total. The fourth-order valence-electron chi connectivity index (χ4n) is 4.03. The monoisotopic (exact) mass is 510 g/mol. The van der Waals surface area contributed by atoms with Crippen molar-refractivity contribution in [3.05, 3.63) is 66.4 Å². The van der Waals surface area contributed by atoms with Gasteiger partial charge in [0, 0.05) is 31.0 Å². The van der Waals surface area contributed by atoms with Crippen molar-refractivity contribution in [1.29, 1.82) is 0 Å². The summed E-state index contributed by atoms with van der Waals surface area (Å²) in [7, 11) is -3.76. The van der Waals surface area contributed by atoms with E-state index < -0.39 is 10.0 Å². The van der Waals surface area contributed by atoms with Crippen LogP contribution in [0, 0.1) is 5.82 Å². The van der Waals surface area contributed by atoms with Crippen LogP contribution in [0.4, 0.5) is 21.8 Å². The highest BCUT2D eigenvalue weighted by molar-refractivity contribution is 7.89. The number of hydrogen-bond acceptors (Lipinski definition) is 8. The molecular formula is C23H23FN8O3S. The van der Waals surface area contributed by atoms with E-state index in [4.69, 9.17) is 5.14 Å². The normalized spacial score (nSPS) is 14.7. The number of amides is 1. The summed E-state index contributed by atoms with van der Waals surface area (Å²) in [6.07, 6.45) is 3.03. The first-order valence-electron chi connectivity index (χ1n) is 11.2. The van der Waals surface area contributed by atoms with Crippen molar-refractivity contribution in [2.24, 2.45) is 5.14 Å². The molecule has 0 bridgehead atoms. The number of hydrogen-bond donors (Lipinski definition) is 4. The van der Waals surface area contributed by atoms with Crippen LogP contribution in [0.3, 0.4) is 0 Å². The van der Waals surface area contributed by atoms with Crippen LogP contribution in [0.2, 0.25) is 0 Å². The lowest BCUT2D eigenvalue weighted by molar-refractivity contribution is 0.0707. The van der Waals surface area contributed by atoms with Gasteiger partial charge in [0.25, 0.3) is 5.91 Å². The zero-order valence-electron chi connectivity index (χ0n) is 19.0. The van der Waals surface area contributed by atoms with E-state index in [2.05, 4.69) is 30.6 Å². The van der Waals surface area contributed by atoms with Crippen LogP contribution >= 0.6 is 0 Å². The highest BCUT2D eigenvalue weighted by Crippen LogP contribution is 2.21. The number of rotatable bonds is 6. The van der Waals surface area contributed by atoms with Crippen LogP contribution in [0.25, 0.3) is 11.0 Å². The molecule has 0 unspecified atom stereocenters. The van der Waals surface area contributed by atoms with Gasteiger partial charge in [-0.15, -0.1) is 0 Å². The number of aromatic nitrogens is 4. The standard InChI is InChI=1S/C23H23FN8O3S/c24-14-1-6-18-19(13-14)30-21(29-18)22(33)32-11-8-16(9-12-32)27-20-7-10-26-23(31-20)28-15-2-4-17(5-3-15)36(25,34)35/h1-7,10,13,16H,8-9,11-12H2,(H,29,30)(H2,25,34,35)(H2,26,27,28,31). The van der Waals surface area contributed by atoms with E-state index >= 15 is 0 Å². The van der Waals surface area contributed by atoms with Gasteiger partial charge >= 0.3 is 0 Å². The van der Waals surface area contributed by atoms with E-state index in [1.165, 1.54) is 24.3 Å². The molecule has 0 aliphatic carbocycles. The lowest BCUT2D eigenvalue weighted by Crippen LogP contribution is -2.42. The van der Waals surface area contributed by atoms with Crippen LogP contribution in [-0.2, 0) is 10.0 Å². The van der Waals surface area contributed by atoms with Gasteiger partial charge in [-0.3, -0.25) is 4.79 Å². The third kappa shape index (κ3) is 5.26. The molecular weight excluding hydrogens is 487 g/mol. The van der Waals surface area contributed by atoms with Crippen LogP contribution in [-0.4, -0.2) is 58.3 Å². The summed E-state index contributed by atoms with van der Waals surface area (Å²) in [6.45, 7) is 1.07. The second-order valence-electron chi connectivity index (χ2n) is 8.42. The molecule has 186 valence electrons. The molecule has 4 aromatic rings. The Bertz CT molecular complexity index is 1520. The second-order valence-corrected chi connectivity index (χ2v) is 9.98. The van der Waals surface area contributed by atoms with E-state index in [1.807, 2.05) is 0 Å². The topological polar surface area (TPSA) is 159 Å². The lowest BCUT2D eigenvalue weighted by atomic mass is 10.0. The minimum atomic E-state index is -3.76. The largest absolute Gasteiger partial charge is 0.367 e. The average Bonchev–Trinajstić information content (AvgIpc) is 3.27. The lowest BCUT2D eigenvalue weighted by Gasteiger charge is -2.32. The number of nitrogens with one attached hydrogen (secondary N) is 3. The fourth-order valence-corrected chi connectivity index (χ4v) is 4.54. The number of carbonyl (C=O) groups is 1. The molecule has 1 saturated heterocycles. The van der Waals surface area contributed by atoms with Gasteiger partial charge in [-0.2, -0.15) is 4.98 Å². The van der Waals surface area contributed by atoms with Crippen molar-refractivity contribution in [2.45, 2.75) is 23.8 Å². The van der Waals surface area contributed by atoms with Crippen molar-refractivity contribution in [3.8, 4) is 0 Å². The number of sulfonamides is 1. The van der Waals surface area contributed by atoms with Crippen molar-refractivity contribution in [2.75, 3.05) is 23.7 Å². The first-order chi connectivity index (χ1) is 17.2. The van der Waals surface area contributed by atoms with Crippen LogP contribution < -0.4 is 15.8 Å². The maximum absolute atomic E-state index is 13.4. The summed E-state index contributed by atoms with van der Waals surface area (Å²) in [5.41, 5.74) is 1.65. The molecule has 13 heteroatoms. The Labute approximate surface area is 206 Å². The van der Waals surface area contributed by atoms with Gasteiger partial charge in [0.05, 0.1) is 15.9 Å². The number of primary sulfonamides is 1. The van der Waals surface area contributed by atoms with Gasteiger partial charge in [0.1, 0.15) is 11.6 Å². The van der Waals surface area contributed by atoms with E-state index in [-0.39, 0.29) is 28.5 Å².